The number of sulfonamides is 1. The fourth-order valence-electron chi connectivity index (χ4n) is 3.34. The molecule has 0 saturated heterocycles. The maximum atomic E-state index is 12.4. The number of ether oxygens (including phenoxy) is 3. The summed E-state index contributed by atoms with van der Waals surface area (Å²) < 4.78 is 41.1. The molecule has 0 spiro atoms. The number of anilines is 1. The van der Waals surface area contributed by atoms with E-state index < -0.39 is 28.7 Å². The van der Waals surface area contributed by atoms with E-state index in [1.165, 1.54) is 10.4 Å². The molecule has 0 saturated carbocycles. The smallest absolute Gasteiger partial charge is 0.351 e. The highest BCUT2D eigenvalue weighted by Crippen LogP contribution is 2.32. The number of carbonyl (C=O) groups is 2. The highest BCUT2D eigenvalue weighted by Gasteiger charge is 2.30. The Kier molecular flexibility index (Phi) is 4.91. The van der Waals surface area contributed by atoms with Crippen molar-refractivity contribution in [2.24, 2.45) is 0 Å². The number of para-hydroxylation sites is 2. The average Bonchev–Trinajstić information content (AvgIpc) is 3.15. The molecule has 2 aromatic carbocycles. The van der Waals surface area contributed by atoms with Crippen LogP contribution in [0.1, 0.15) is 15.9 Å². The third kappa shape index (κ3) is 3.91. The van der Waals surface area contributed by atoms with Crippen LogP contribution in [-0.2, 0) is 26.0 Å². The van der Waals surface area contributed by atoms with Crippen molar-refractivity contribution in [3.8, 4) is 11.5 Å². The van der Waals surface area contributed by atoms with E-state index in [9.17, 15) is 18.0 Å². The molecule has 1 atom stereocenters. The van der Waals surface area contributed by atoms with Gasteiger partial charge in [0, 0.05) is 12.1 Å². The van der Waals surface area contributed by atoms with Crippen molar-refractivity contribution >= 4 is 27.5 Å². The molecule has 2 aromatic rings. The van der Waals surface area contributed by atoms with E-state index >= 15 is 0 Å². The zero-order valence-electron chi connectivity index (χ0n) is 15.7. The van der Waals surface area contributed by atoms with Gasteiger partial charge in [-0.1, -0.05) is 12.1 Å². The van der Waals surface area contributed by atoms with Crippen LogP contribution in [0.3, 0.4) is 0 Å². The number of hydrogen-bond acceptors (Lipinski definition) is 7. The second-order valence-corrected chi connectivity index (χ2v) is 8.73. The lowest BCUT2D eigenvalue weighted by Crippen LogP contribution is -2.38. The quantitative estimate of drug-likeness (QED) is 0.538. The summed E-state index contributed by atoms with van der Waals surface area (Å²) in [4.78, 5) is 24.7. The van der Waals surface area contributed by atoms with E-state index in [-0.39, 0.29) is 12.4 Å². The zero-order chi connectivity index (χ0) is 20.6. The van der Waals surface area contributed by atoms with Gasteiger partial charge >= 0.3 is 5.97 Å². The molecule has 29 heavy (non-hydrogen) atoms. The van der Waals surface area contributed by atoms with Crippen molar-refractivity contribution in [2.45, 2.75) is 12.5 Å². The van der Waals surface area contributed by atoms with E-state index in [1.54, 1.807) is 36.4 Å². The maximum Gasteiger partial charge on any atom is 0.351 e. The first-order valence-electron chi connectivity index (χ1n) is 9.02. The standard InChI is InChI=1S/C20H19NO7S/c1-29(24,25)21-9-8-13-10-14(6-7-15(13)21)16(22)11-27-20(23)19-12-26-17-4-2-3-5-18(17)28-19/h2-7,10,19H,8-9,11-12H2,1H3/t19-/m0/s1. The van der Waals surface area contributed by atoms with E-state index in [0.717, 1.165) is 11.8 Å². The van der Waals surface area contributed by atoms with Gasteiger partial charge in [-0.2, -0.15) is 0 Å². The summed E-state index contributed by atoms with van der Waals surface area (Å²) >= 11 is 0. The van der Waals surface area contributed by atoms with E-state index in [4.69, 9.17) is 14.2 Å². The molecule has 8 nitrogen and oxygen atoms in total. The monoisotopic (exact) mass is 417 g/mol. The number of carbonyl (C=O) groups excluding carboxylic acids is 2. The van der Waals surface area contributed by atoms with Gasteiger partial charge in [0.05, 0.1) is 11.9 Å². The fraction of sp³-hybridized carbons (Fsp3) is 0.300. The molecule has 152 valence electrons. The van der Waals surface area contributed by atoms with Crippen LogP contribution in [0.2, 0.25) is 0 Å². The Morgan fingerprint density at radius 1 is 1.17 bits per heavy atom. The predicted octanol–water partition coefficient (Wildman–Crippen LogP) is 1.57. The Bertz CT molecular complexity index is 1080. The number of benzene rings is 2. The number of esters is 1. The van der Waals surface area contributed by atoms with Crippen LogP contribution in [0.15, 0.2) is 42.5 Å². The third-order valence-electron chi connectivity index (χ3n) is 4.77. The van der Waals surface area contributed by atoms with E-state index in [2.05, 4.69) is 0 Å². The van der Waals surface area contributed by atoms with Gasteiger partial charge in [-0.25, -0.2) is 13.2 Å². The Balaban J connectivity index is 1.38. The minimum Gasteiger partial charge on any atom is -0.485 e. The molecule has 0 radical (unpaired) electrons. The Morgan fingerprint density at radius 3 is 2.69 bits per heavy atom. The van der Waals surface area contributed by atoms with Crippen LogP contribution in [0.5, 0.6) is 11.5 Å². The van der Waals surface area contributed by atoms with E-state index in [0.29, 0.717) is 35.7 Å². The Hall–Kier alpha value is -3.07. The molecule has 0 aliphatic carbocycles. The first-order chi connectivity index (χ1) is 13.8. The number of rotatable bonds is 5. The summed E-state index contributed by atoms with van der Waals surface area (Å²) in [7, 11) is -3.35. The Morgan fingerprint density at radius 2 is 1.93 bits per heavy atom. The second-order valence-electron chi connectivity index (χ2n) is 6.82. The third-order valence-corrected chi connectivity index (χ3v) is 5.95. The van der Waals surface area contributed by atoms with Crippen molar-refractivity contribution in [1.82, 2.24) is 0 Å². The molecule has 0 amide bonds. The molecule has 0 aromatic heterocycles. The molecule has 0 N–H and O–H groups in total. The van der Waals surface area contributed by atoms with Gasteiger partial charge in [0.15, 0.2) is 23.9 Å². The normalized spacial score (nSPS) is 17.6. The van der Waals surface area contributed by atoms with Crippen LogP contribution in [0, 0.1) is 0 Å². The number of hydrogen-bond donors (Lipinski definition) is 0. The van der Waals surface area contributed by atoms with Gasteiger partial charge in [-0.05, 0) is 42.3 Å². The molecule has 4 rings (SSSR count). The molecule has 0 bridgehead atoms. The molecular formula is C20H19NO7S. The lowest BCUT2D eigenvalue weighted by molar-refractivity contribution is -0.153. The van der Waals surface area contributed by atoms with Crippen molar-refractivity contribution in [3.63, 3.8) is 0 Å². The van der Waals surface area contributed by atoms with Gasteiger partial charge in [0.25, 0.3) is 0 Å². The van der Waals surface area contributed by atoms with Gasteiger partial charge < -0.3 is 14.2 Å². The molecule has 0 fully saturated rings. The Labute approximate surface area is 168 Å². The van der Waals surface area contributed by atoms with Crippen LogP contribution >= 0.6 is 0 Å². The lowest BCUT2D eigenvalue weighted by Gasteiger charge is -2.24. The summed E-state index contributed by atoms with van der Waals surface area (Å²) in [6, 6.07) is 11.8. The van der Waals surface area contributed by atoms with Crippen LogP contribution in [-0.4, -0.2) is 52.3 Å². The zero-order valence-corrected chi connectivity index (χ0v) is 16.5. The van der Waals surface area contributed by atoms with Crippen LogP contribution in [0.4, 0.5) is 5.69 Å². The SMILES string of the molecule is CS(=O)(=O)N1CCc2cc(C(=O)COC(=O)[C@@H]3COc4ccccc4O3)ccc21. The number of fused-ring (bicyclic) bond motifs is 2. The summed E-state index contributed by atoms with van der Waals surface area (Å²) in [5, 5.41) is 0. The molecule has 2 heterocycles. The summed E-state index contributed by atoms with van der Waals surface area (Å²) in [5.74, 6) is -0.0664. The lowest BCUT2D eigenvalue weighted by atomic mass is 10.1. The number of ketones is 1. The minimum atomic E-state index is -3.35. The van der Waals surface area contributed by atoms with Crippen LogP contribution < -0.4 is 13.8 Å². The van der Waals surface area contributed by atoms with E-state index in [1.807, 2.05) is 0 Å². The van der Waals surface area contributed by atoms with Crippen molar-refractivity contribution < 1.29 is 32.2 Å². The van der Waals surface area contributed by atoms with Crippen molar-refractivity contribution in [1.29, 1.82) is 0 Å². The largest absolute Gasteiger partial charge is 0.485 e. The molecule has 9 heteroatoms. The van der Waals surface area contributed by atoms with Crippen molar-refractivity contribution in [3.05, 3.63) is 53.6 Å². The molecule has 2 aliphatic heterocycles. The van der Waals surface area contributed by atoms with Crippen molar-refractivity contribution in [2.75, 3.05) is 30.3 Å². The average molecular weight is 417 g/mol. The van der Waals surface area contributed by atoms with Gasteiger partial charge in [0.1, 0.15) is 6.61 Å². The predicted molar refractivity (Wildman–Crippen MR) is 104 cm³/mol. The summed E-state index contributed by atoms with van der Waals surface area (Å²) in [5.41, 5.74) is 1.71. The fourth-order valence-corrected chi connectivity index (χ4v) is 4.30. The second kappa shape index (κ2) is 7.40. The van der Waals surface area contributed by atoms with Gasteiger partial charge in [0.2, 0.25) is 16.1 Å². The highest BCUT2D eigenvalue weighted by molar-refractivity contribution is 7.92. The van der Waals surface area contributed by atoms with Gasteiger partial charge in [-0.15, -0.1) is 0 Å². The highest BCUT2D eigenvalue weighted by atomic mass is 32.2. The first kappa shape index (κ1) is 19.3. The van der Waals surface area contributed by atoms with Gasteiger partial charge in [-0.3, -0.25) is 9.10 Å². The number of Topliss-reactive ketones (excluding diaryl/α,β-unsaturated/α-hetero) is 1. The molecule has 0 unspecified atom stereocenters. The maximum absolute atomic E-state index is 12.4. The summed E-state index contributed by atoms with van der Waals surface area (Å²) in [6.45, 7) is -0.0829. The summed E-state index contributed by atoms with van der Waals surface area (Å²) in [6.07, 6.45) is 0.729. The molecular weight excluding hydrogens is 398 g/mol. The van der Waals surface area contributed by atoms with Crippen LogP contribution in [0.25, 0.3) is 0 Å². The number of nitrogens with zero attached hydrogens (tertiary/aromatic N) is 1. The topological polar surface area (TPSA) is 99.2 Å². The minimum absolute atomic E-state index is 0.00418. The molecule has 2 aliphatic rings. The first-order valence-corrected chi connectivity index (χ1v) is 10.9.